The Bertz CT molecular complexity index is 1870. The highest BCUT2D eigenvalue weighted by molar-refractivity contribution is 7.91. The van der Waals surface area contributed by atoms with E-state index < -0.39 is 23.2 Å². The van der Waals surface area contributed by atoms with Gasteiger partial charge in [-0.1, -0.05) is 67.5 Å². The van der Waals surface area contributed by atoms with Crippen LogP contribution in [-0.2, 0) is 18.9 Å². The quantitative estimate of drug-likeness (QED) is 0.0961. The predicted octanol–water partition coefficient (Wildman–Crippen LogP) is 7.52. The monoisotopic (exact) mass is 687 g/mol. The van der Waals surface area contributed by atoms with E-state index in [1.165, 1.54) is 0 Å². The molecular formula is C35H50N3O7PS. The molecule has 0 aliphatic rings. The Labute approximate surface area is 279 Å². The van der Waals surface area contributed by atoms with E-state index >= 15 is 0 Å². The summed E-state index contributed by atoms with van der Waals surface area (Å²) in [5, 5.41) is 1.83. The number of nitrogens with one attached hydrogen (secondary N) is 1. The lowest BCUT2D eigenvalue weighted by molar-refractivity contribution is -0.115. The summed E-state index contributed by atoms with van der Waals surface area (Å²) in [4.78, 5) is 29.9. The highest BCUT2D eigenvalue weighted by atomic mass is 32.2. The average molecular weight is 688 g/mol. The van der Waals surface area contributed by atoms with Crippen molar-refractivity contribution in [1.82, 2.24) is 14.9 Å². The molecule has 3 N–H and O–H groups in total. The van der Waals surface area contributed by atoms with Gasteiger partial charge in [-0.25, -0.2) is 18.0 Å². The van der Waals surface area contributed by atoms with Crippen molar-refractivity contribution in [1.29, 1.82) is 0 Å². The van der Waals surface area contributed by atoms with Gasteiger partial charge in [0, 0.05) is 23.5 Å². The van der Waals surface area contributed by atoms with Gasteiger partial charge in [0.25, 0.3) is 0 Å². The number of H-pyrrole nitrogens is 1. The van der Waals surface area contributed by atoms with Crippen LogP contribution in [0.4, 0.5) is 0 Å². The molecule has 0 spiro atoms. The van der Waals surface area contributed by atoms with Gasteiger partial charge in [0.2, 0.25) is 0 Å². The fourth-order valence-corrected chi connectivity index (χ4v) is 8.46. The molecule has 10 nitrogen and oxygen atoms in total. The Morgan fingerprint density at radius 3 is 2.28 bits per heavy atom. The van der Waals surface area contributed by atoms with Gasteiger partial charge in [0.15, 0.2) is 9.84 Å². The Balaban J connectivity index is 1.68. The van der Waals surface area contributed by atoms with Crippen molar-refractivity contribution in [2.75, 3.05) is 32.1 Å². The first-order valence-corrected chi connectivity index (χ1v) is 19.3. The smallest absolute Gasteiger partial charge is 0.469 e. The third kappa shape index (κ3) is 7.61. The summed E-state index contributed by atoms with van der Waals surface area (Å²) in [6.45, 7) is 19.7. The number of aryl methyl sites for hydroxylation is 1. The van der Waals surface area contributed by atoms with Crippen molar-refractivity contribution in [3.05, 3.63) is 54.2 Å². The molecule has 0 saturated heterocycles. The second kappa shape index (κ2) is 13.6. The Morgan fingerprint density at radius 1 is 1.00 bits per heavy atom. The third-order valence-electron chi connectivity index (χ3n) is 9.26. The van der Waals surface area contributed by atoms with Gasteiger partial charge in [-0.15, -0.1) is 0 Å². The molecule has 0 atom stereocenters. The number of sulfone groups is 1. The van der Waals surface area contributed by atoms with Crippen LogP contribution >= 0.6 is 7.82 Å². The van der Waals surface area contributed by atoms with Gasteiger partial charge in [-0.2, -0.15) is 0 Å². The summed E-state index contributed by atoms with van der Waals surface area (Å²) in [7, 11) is -8.08. The number of rotatable bonds is 13. The maximum Gasteiger partial charge on any atom is 0.469 e. The second-order valence-electron chi connectivity index (χ2n) is 14.2. The van der Waals surface area contributed by atoms with E-state index in [2.05, 4.69) is 62.5 Å². The number of hydrogen-bond donors (Lipinski definition) is 3. The molecule has 12 heteroatoms. The van der Waals surface area contributed by atoms with Crippen molar-refractivity contribution in [2.24, 2.45) is 10.8 Å². The fourth-order valence-electron chi connectivity index (χ4n) is 7.18. The minimum absolute atomic E-state index is 0.0215. The van der Waals surface area contributed by atoms with Gasteiger partial charge >= 0.3 is 7.82 Å². The number of nitrogens with zero attached hydrogens (tertiary/aromatic N) is 2. The number of aromatic nitrogens is 2. The Kier molecular flexibility index (Phi) is 10.7. The maximum atomic E-state index is 12.7. The van der Waals surface area contributed by atoms with Gasteiger partial charge < -0.3 is 19.5 Å². The number of fused-ring (bicyclic) bond motifs is 3. The van der Waals surface area contributed by atoms with E-state index in [1.54, 1.807) is 31.3 Å². The van der Waals surface area contributed by atoms with Crippen LogP contribution in [-0.4, -0.2) is 70.7 Å². The third-order valence-corrected chi connectivity index (χ3v) is 11.5. The van der Waals surface area contributed by atoms with Crippen LogP contribution in [0.25, 0.3) is 33.1 Å². The van der Waals surface area contributed by atoms with Crippen LogP contribution in [0.1, 0.15) is 67.4 Å². The minimum Gasteiger partial charge on any atom is -0.491 e. The van der Waals surface area contributed by atoms with Gasteiger partial charge in [-0.3, -0.25) is 9.42 Å². The number of phosphoric acid groups is 1. The number of ether oxygens (including phenoxy) is 1. The van der Waals surface area contributed by atoms with Crippen LogP contribution in [0.2, 0.25) is 0 Å². The summed E-state index contributed by atoms with van der Waals surface area (Å²) < 4.78 is 48.9. The number of likely N-dealkylation sites (N-methyl/N-ethyl adjacent to an activating group) is 1. The fraction of sp³-hybridized carbons (Fsp3) is 0.514. The number of benzene rings is 2. The molecule has 0 unspecified atom stereocenters. The zero-order chi connectivity index (χ0) is 35.0. The first kappa shape index (κ1) is 37.0. The predicted molar refractivity (Wildman–Crippen MR) is 188 cm³/mol. The number of phosphoric ester groups is 1. The van der Waals surface area contributed by atoms with Crippen molar-refractivity contribution >= 4 is 39.6 Å². The molecule has 0 radical (unpaired) electrons. The number of hydrogen-bond acceptors (Lipinski definition) is 7. The Morgan fingerprint density at radius 2 is 1.68 bits per heavy atom. The second-order valence-corrected chi connectivity index (χ2v) is 17.7. The lowest BCUT2D eigenvalue weighted by Gasteiger charge is -2.59. The molecule has 47 heavy (non-hydrogen) atoms. The molecule has 0 aliphatic carbocycles. The number of aromatic amines is 1. The average Bonchev–Trinajstić information content (AvgIpc) is 3.35. The Hall–Kier alpha value is -2.79. The molecule has 4 aromatic rings. The molecule has 2 aromatic heterocycles. The van der Waals surface area contributed by atoms with Crippen LogP contribution < -0.4 is 4.74 Å². The summed E-state index contributed by atoms with van der Waals surface area (Å²) >= 11 is 0. The summed E-state index contributed by atoms with van der Waals surface area (Å²) in [5.41, 5.74) is 2.68. The molecule has 0 bridgehead atoms. The highest BCUT2D eigenvalue weighted by Gasteiger charge is 2.55. The zero-order valence-electron chi connectivity index (χ0n) is 29.0. The van der Waals surface area contributed by atoms with Crippen LogP contribution in [0.3, 0.4) is 0 Å². The van der Waals surface area contributed by atoms with E-state index in [4.69, 9.17) is 9.26 Å². The maximum absolute atomic E-state index is 12.7. The molecule has 258 valence electrons. The normalized spacial score (nSPS) is 13.6. The van der Waals surface area contributed by atoms with Gasteiger partial charge in [-0.05, 0) is 77.7 Å². The molecular weight excluding hydrogens is 637 g/mol. The SMILES string of the molecule is CCN(CCCOc1ccc(-c2cccc(S(=O)(=O)CC)c2)c2c1[nH]c1ncc(C)cc12)C(COP(=O)(O)O)(C(C)(C)C)C(C)(C)C. The highest BCUT2D eigenvalue weighted by Crippen LogP contribution is 2.51. The van der Waals surface area contributed by atoms with Gasteiger partial charge in [0.1, 0.15) is 11.4 Å². The standard InChI is InChI=1S/C35H50N3O7PS/c1-10-38(35(33(4,5)6,34(7,8)9)23-45-46(39,40)41)18-13-19-44-29-17-16-27(25-14-12-15-26(21-25)47(42,43)11-2)30-28-20-24(3)22-36-32(28)37-31(29)30/h12,14-17,20-22H,10-11,13,18-19,23H2,1-9H3,(H,36,37)(H2,39,40,41). The van der Waals surface area contributed by atoms with E-state index in [-0.39, 0.29) is 28.1 Å². The molecule has 2 aromatic carbocycles. The molecule has 0 fully saturated rings. The zero-order valence-corrected chi connectivity index (χ0v) is 30.8. The molecule has 4 rings (SSSR count). The minimum atomic E-state index is -4.69. The first-order chi connectivity index (χ1) is 21.8. The molecule has 0 saturated carbocycles. The molecule has 0 amide bonds. The summed E-state index contributed by atoms with van der Waals surface area (Å²) in [6.07, 6.45) is 2.45. The van der Waals surface area contributed by atoms with E-state index in [9.17, 15) is 22.8 Å². The van der Waals surface area contributed by atoms with E-state index in [1.807, 2.05) is 32.0 Å². The van der Waals surface area contributed by atoms with Crippen molar-refractivity contribution in [2.45, 2.75) is 79.2 Å². The van der Waals surface area contributed by atoms with Crippen molar-refractivity contribution in [3.63, 3.8) is 0 Å². The summed E-state index contributed by atoms with van der Waals surface area (Å²) in [6, 6.07) is 13.0. The van der Waals surface area contributed by atoms with Crippen molar-refractivity contribution in [3.8, 4) is 16.9 Å². The lowest BCUT2D eigenvalue weighted by Crippen LogP contribution is -2.67. The van der Waals surface area contributed by atoms with Gasteiger partial charge in [0.05, 0.1) is 34.9 Å². The number of pyridine rings is 1. The topological polar surface area (TPSA) is 142 Å². The van der Waals surface area contributed by atoms with E-state index in [0.717, 1.165) is 33.0 Å². The van der Waals surface area contributed by atoms with E-state index in [0.29, 0.717) is 37.5 Å². The lowest BCUT2D eigenvalue weighted by atomic mass is 9.59. The van der Waals surface area contributed by atoms with Crippen LogP contribution in [0.15, 0.2) is 53.6 Å². The van der Waals surface area contributed by atoms with Crippen LogP contribution in [0.5, 0.6) is 5.75 Å². The summed E-state index contributed by atoms with van der Waals surface area (Å²) in [5.74, 6) is 0.677. The van der Waals surface area contributed by atoms with Crippen LogP contribution in [0, 0.1) is 17.8 Å². The first-order valence-electron chi connectivity index (χ1n) is 16.1. The largest absolute Gasteiger partial charge is 0.491 e. The molecule has 0 aliphatic heterocycles. The molecule has 2 heterocycles. The van der Waals surface area contributed by atoms with Crippen molar-refractivity contribution < 1.29 is 32.0 Å².